The number of esters is 2. The topological polar surface area (TPSA) is 93.1 Å². The maximum atomic E-state index is 12.1. The molecule has 254 valence electrons. The Bertz CT molecular complexity index is 767. The number of aliphatic hydroxyl groups is 2. The Morgan fingerprint density at radius 1 is 0.614 bits per heavy atom. The molecule has 0 saturated heterocycles. The van der Waals surface area contributed by atoms with Gasteiger partial charge >= 0.3 is 11.9 Å². The molecule has 0 bridgehead atoms. The van der Waals surface area contributed by atoms with Gasteiger partial charge in [0, 0.05) is 12.8 Å². The van der Waals surface area contributed by atoms with Crippen LogP contribution in [-0.4, -0.2) is 47.6 Å². The van der Waals surface area contributed by atoms with E-state index < -0.39 is 6.10 Å². The third-order valence-electron chi connectivity index (χ3n) is 7.39. The summed E-state index contributed by atoms with van der Waals surface area (Å²) in [7, 11) is 0. The molecule has 0 spiro atoms. The lowest BCUT2D eigenvalue weighted by Crippen LogP contribution is -2.28. The largest absolute Gasteiger partial charge is 0.462 e. The Labute approximate surface area is 270 Å². The minimum Gasteiger partial charge on any atom is -0.462 e. The van der Waals surface area contributed by atoms with E-state index in [1.54, 1.807) is 0 Å². The molecular formula is C38H66O6. The average Bonchev–Trinajstić information content (AvgIpc) is 3.01. The number of rotatable bonds is 31. The zero-order chi connectivity index (χ0) is 32.4. The number of hydrogen-bond acceptors (Lipinski definition) is 6. The van der Waals surface area contributed by atoms with Crippen LogP contribution in [0.5, 0.6) is 0 Å². The van der Waals surface area contributed by atoms with Crippen molar-refractivity contribution in [3.05, 3.63) is 48.6 Å². The van der Waals surface area contributed by atoms with Crippen LogP contribution in [-0.2, 0) is 19.1 Å². The average molecular weight is 619 g/mol. The summed E-state index contributed by atoms with van der Waals surface area (Å²) in [5.74, 6) is -0.675. The third kappa shape index (κ3) is 32.7. The first kappa shape index (κ1) is 41.8. The predicted octanol–water partition coefficient (Wildman–Crippen LogP) is 9.64. The second-order valence-corrected chi connectivity index (χ2v) is 11.9. The summed E-state index contributed by atoms with van der Waals surface area (Å²) >= 11 is 0. The van der Waals surface area contributed by atoms with Crippen LogP contribution >= 0.6 is 0 Å². The lowest BCUT2D eigenvalue weighted by atomic mass is 10.0. The van der Waals surface area contributed by atoms with Crippen LogP contribution < -0.4 is 0 Å². The molecule has 0 aliphatic carbocycles. The quantitative estimate of drug-likeness (QED) is 0.0456. The molecule has 0 aromatic heterocycles. The van der Waals surface area contributed by atoms with Gasteiger partial charge in [0.1, 0.15) is 6.61 Å². The van der Waals surface area contributed by atoms with Crippen molar-refractivity contribution < 1.29 is 29.3 Å². The summed E-state index contributed by atoms with van der Waals surface area (Å²) in [6, 6.07) is 0. The summed E-state index contributed by atoms with van der Waals surface area (Å²) in [5, 5.41) is 18.7. The fourth-order valence-electron chi connectivity index (χ4n) is 4.68. The Hall–Kier alpha value is -2.18. The molecule has 0 aromatic rings. The van der Waals surface area contributed by atoms with E-state index in [9.17, 15) is 19.8 Å². The van der Waals surface area contributed by atoms with Crippen LogP contribution in [0.3, 0.4) is 0 Å². The molecule has 0 aliphatic heterocycles. The van der Waals surface area contributed by atoms with Crippen LogP contribution in [0, 0.1) is 0 Å². The highest BCUT2D eigenvalue weighted by Gasteiger charge is 2.15. The van der Waals surface area contributed by atoms with Gasteiger partial charge < -0.3 is 19.7 Å². The second-order valence-electron chi connectivity index (χ2n) is 11.9. The van der Waals surface area contributed by atoms with Gasteiger partial charge in [-0.15, -0.1) is 0 Å². The highest BCUT2D eigenvalue weighted by atomic mass is 16.6. The van der Waals surface area contributed by atoms with Gasteiger partial charge in [0.15, 0.2) is 6.10 Å². The van der Waals surface area contributed by atoms with Gasteiger partial charge in [0.25, 0.3) is 0 Å². The van der Waals surface area contributed by atoms with Gasteiger partial charge in [-0.2, -0.15) is 0 Å². The van der Waals surface area contributed by atoms with E-state index in [1.807, 2.05) is 6.92 Å². The number of ether oxygens (including phenoxy) is 2. The minimum atomic E-state index is -0.806. The lowest BCUT2D eigenvalue weighted by molar-refractivity contribution is -0.161. The van der Waals surface area contributed by atoms with Crippen molar-refractivity contribution in [3.63, 3.8) is 0 Å². The Kier molecular flexibility index (Phi) is 32.0. The fourth-order valence-corrected chi connectivity index (χ4v) is 4.68. The van der Waals surface area contributed by atoms with Gasteiger partial charge in [-0.3, -0.25) is 9.59 Å². The number of carbonyl (C=O) groups excluding carboxylic acids is 2. The first-order valence-corrected chi connectivity index (χ1v) is 17.7. The summed E-state index contributed by atoms with van der Waals surface area (Å²) in [4.78, 5) is 24.1. The second kappa shape index (κ2) is 33.7. The molecule has 6 heteroatoms. The maximum absolute atomic E-state index is 12.1. The van der Waals surface area contributed by atoms with E-state index in [-0.39, 0.29) is 37.7 Å². The zero-order valence-corrected chi connectivity index (χ0v) is 28.3. The van der Waals surface area contributed by atoms with E-state index in [0.29, 0.717) is 12.8 Å². The van der Waals surface area contributed by atoms with Gasteiger partial charge in [-0.25, -0.2) is 0 Å². The number of carbonyl (C=O) groups is 2. The summed E-state index contributed by atoms with van der Waals surface area (Å²) < 4.78 is 10.5. The summed E-state index contributed by atoms with van der Waals surface area (Å²) in [5.41, 5.74) is 0. The monoisotopic (exact) mass is 618 g/mol. The van der Waals surface area contributed by atoms with E-state index in [2.05, 4.69) is 55.5 Å². The van der Waals surface area contributed by atoms with Crippen LogP contribution in [0.1, 0.15) is 155 Å². The van der Waals surface area contributed by atoms with Gasteiger partial charge in [-0.05, 0) is 64.7 Å². The first-order valence-electron chi connectivity index (χ1n) is 17.7. The van der Waals surface area contributed by atoms with Crippen LogP contribution in [0.25, 0.3) is 0 Å². The van der Waals surface area contributed by atoms with Crippen molar-refractivity contribution in [1.29, 1.82) is 0 Å². The molecule has 0 aliphatic rings. The molecule has 0 aromatic carbocycles. The standard InChI is InChI=1S/C38H66O6/c1-3-4-5-6-7-8-9-16-19-22-25-28-31-37(41)43-34-36(33-39)44-38(42)32-29-26-23-20-17-14-12-10-11-13-15-18-21-24-27-30-35(2)40/h11-14,18,20-21,23,35-36,39-40H,3-10,15-17,19,22,24-34H2,1-2H3/b13-11-,14-12-,21-18-,23-20-/t35-,36-/m0/s1. The first-order chi connectivity index (χ1) is 21.5. The molecule has 0 heterocycles. The molecule has 6 nitrogen and oxygen atoms in total. The molecule has 0 unspecified atom stereocenters. The van der Waals surface area contributed by atoms with Crippen molar-refractivity contribution in [3.8, 4) is 0 Å². The molecule has 0 saturated carbocycles. The highest BCUT2D eigenvalue weighted by Crippen LogP contribution is 2.13. The van der Waals surface area contributed by atoms with E-state index in [1.165, 1.54) is 57.8 Å². The number of aliphatic hydroxyl groups excluding tert-OH is 2. The SMILES string of the molecule is CCCCCCCCCCCCCCC(=O)OC[C@H](CO)OC(=O)CCC/C=C\C/C=C\C/C=C\C/C=C\CCC[C@H](C)O. The normalized spacial score (nSPS) is 13.5. The van der Waals surface area contributed by atoms with Gasteiger partial charge in [-0.1, -0.05) is 126 Å². The third-order valence-corrected chi connectivity index (χ3v) is 7.39. The number of hydrogen-bond donors (Lipinski definition) is 2. The van der Waals surface area contributed by atoms with Crippen molar-refractivity contribution >= 4 is 11.9 Å². The minimum absolute atomic E-state index is 0.0950. The molecule has 0 radical (unpaired) electrons. The van der Waals surface area contributed by atoms with Crippen molar-refractivity contribution in [2.75, 3.05) is 13.2 Å². The molecule has 0 amide bonds. The van der Waals surface area contributed by atoms with Crippen molar-refractivity contribution in [2.24, 2.45) is 0 Å². The summed E-state index contributed by atoms with van der Waals surface area (Å²) in [6.07, 6.45) is 38.7. The highest BCUT2D eigenvalue weighted by molar-refractivity contribution is 5.70. The molecule has 2 atom stereocenters. The van der Waals surface area contributed by atoms with Crippen molar-refractivity contribution in [2.45, 2.75) is 167 Å². The molecule has 2 N–H and O–H groups in total. The van der Waals surface area contributed by atoms with Crippen LogP contribution in [0.15, 0.2) is 48.6 Å². The zero-order valence-electron chi connectivity index (χ0n) is 28.3. The predicted molar refractivity (Wildman–Crippen MR) is 183 cm³/mol. The fraction of sp³-hybridized carbons (Fsp3) is 0.737. The molecule has 0 rings (SSSR count). The van der Waals surface area contributed by atoms with Gasteiger partial charge in [0.2, 0.25) is 0 Å². The molecule has 44 heavy (non-hydrogen) atoms. The van der Waals surface area contributed by atoms with E-state index >= 15 is 0 Å². The maximum Gasteiger partial charge on any atom is 0.306 e. The Balaban J connectivity index is 3.70. The molecular weight excluding hydrogens is 552 g/mol. The number of unbranched alkanes of at least 4 members (excludes halogenated alkanes) is 13. The van der Waals surface area contributed by atoms with E-state index in [0.717, 1.165) is 64.2 Å². The summed E-state index contributed by atoms with van der Waals surface area (Å²) in [6.45, 7) is 3.62. The Morgan fingerprint density at radius 2 is 1.07 bits per heavy atom. The molecule has 0 fully saturated rings. The smallest absolute Gasteiger partial charge is 0.306 e. The van der Waals surface area contributed by atoms with E-state index in [4.69, 9.17) is 9.47 Å². The Morgan fingerprint density at radius 3 is 1.57 bits per heavy atom. The lowest BCUT2D eigenvalue weighted by Gasteiger charge is -2.15. The van der Waals surface area contributed by atoms with Crippen molar-refractivity contribution in [1.82, 2.24) is 0 Å². The van der Waals surface area contributed by atoms with Crippen LogP contribution in [0.4, 0.5) is 0 Å². The van der Waals surface area contributed by atoms with Gasteiger partial charge in [0.05, 0.1) is 12.7 Å². The van der Waals surface area contributed by atoms with Crippen LogP contribution in [0.2, 0.25) is 0 Å². The number of allylic oxidation sites excluding steroid dienone is 8.